The maximum atomic E-state index is 12.6. The minimum atomic E-state index is -4.39. The number of aliphatic imine (C=N–C) groups is 1. The van der Waals surface area contributed by atoms with Gasteiger partial charge in [-0.1, -0.05) is 12.2 Å². The van der Waals surface area contributed by atoms with Gasteiger partial charge in [-0.3, -0.25) is 9.89 Å². The van der Waals surface area contributed by atoms with Crippen molar-refractivity contribution in [3.63, 3.8) is 0 Å². The summed E-state index contributed by atoms with van der Waals surface area (Å²) in [5.74, 6) is 0.716. The molecule has 3 heterocycles. The van der Waals surface area contributed by atoms with Crippen molar-refractivity contribution < 1.29 is 13.2 Å². The van der Waals surface area contributed by atoms with E-state index in [1.807, 2.05) is 0 Å². The van der Waals surface area contributed by atoms with Crippen molar-refractivity contribution in [3.05, 3.63) is 28.2 Å². The van der Waals surface area contributed by atoms with Crippen LogP contribution in [-0.4, -0.2) is 60.0 Å². The van der Waals surface area contributed by atoms with E-state index in [0.29, 0.717) is 17.0 Å². The van der Waals surface area contributed by atoms with Gasteiger partial charge in [0.2, 0.25) is 0 Å². The highest BCUT2D eigenvalue weighted by molar-refractivity contribution is 14.0. The average Bonchev–Trinajstić information content (AvgIpc) is 3.28. The first-order valence-corrected chi connectivity index (χ1v) is 8.71. The van der Waals surface area contributed by atoms with Crippen LogP contribution in [0.1, 0.15) is 17.1 Å². The zero-order chi connectivity index (χ0) is 17.2. The fourth-order valence-electron chi connectivity index (χ4n) is 3.03. The van der Waals surface area contributed by atoms with Crippen LogP contribution in [0.15, 0.2) is 22.5 Å². The quantitative estimate of drug-likeness (QED) is 0.309. The van der Waals surface area contributed by atoms with Gasteiger partial charge in [0.25, 0.3) is 0 Å². The van der Waals surface area contributed by atoms with Crippen molar-refractivity contribution in [2.24, 2.45) is 4.99 Å². The van der Waals surface area contributed by atoms with Gasteiger partial charge in [0.15, 0.2) is 11.7 Å². The number of hydrogen-bond acceptors (Lipinski definition) is 4. The molecule has 5 nitrogen and oxygen atoms in total. The van der Waals surface area contributed by atoms with Gasteiger partial charge >= 0.3 is 6.18 Å². The Kier molecular flexibility index (Phi) is 7.09. The third-order valence-corrected chi connectivity index (χ3v) is 5.13. The summed E-state index contributed by atoms with van der Waals surface area (Å²) in [6, 6.07) is 0.496. The molecule has 1 fully saturated rings. The van der Waals surface area contributed by atoms with Crippen molar-refractivity contribution in [2.45, 2.75) is 25.2 Å². The third-order valence-electron chi connectivity index (χ3n) is 4.28. The number of halogens is 4. The number of nitrogens with zero attached hydrogens (tertiary/aromatic N) is 4. The van der Waals surface area contributed by atoms with Crippen molar-refractivity contribution in [1.29, 1.82) is 0 Å². The van der Waals surface area contributed by atoms with Crippen LogP contribution in [0.3, 0.4) is 0 Å². The van der Waals surface area contributed by atoms with Crippen molar-refractivity contribution in [3.8, 4) is 0 Å². The van der Waals surface area contributed by atoms with E-state index in [4.69, 9.17) is 0 Å². The Labute approximate surface area is 166 Å². The second kappa shape index (κ2) is 8.67. The van der Waals surface area contributed by atoms with Crippen LogP contribution < -0.4 is 5.32 Å². The zero-order valence-corrected chi connectivity index (χ0v) is 16.9. The summed E-state index contributed by atoms with van der Waals surface area (Å²) < 4.78 is 37.8. The Balaban J connectivity index is 0.00000225. The first-order chi connectivity index (χ1) is 11.5. The minimum Gasteiger partial charge on any atom is -0.350 e. The van der Waals surface area contributed by atoms with Crippen molar-refractivity contribution in [1.82, 2.24) is 20.1 Å². The predicted octanol–water partition coefficient (Wildman–Crippen LogP) is 2.80. The van der Waals surface area contributed by atoms with E-state index in [0.717, 1.165) is 49.3 Å². The highest BCUT2D eigenvalue weighted by Gasteiger charge is 2.34. The zero-order valence-electron chi connectivity index (χ0n) is 13.8. The molecule has 1 saturated heterocycles. The first kappa shape index (κ1) is 20.4. The van der Waals surface area contributed by atoms with Gasteiger partial charge in [-0.05, 0) is 6.42 Å². The van der Waals surface area contributed by atoms with Crippen molar-refractivity contribution in [2.75, 3.05) is 33.2 Å². The number of alkyl halides is 3. The smallest absolute Gasteiger partial charge is 0.350 e. The van der Waals surface area contributed by atoms with E-state index in [1.165, 1.54) is 0 Å². The molecule has 0 saturated carbocycles. The molecule has 0 radical (unpaired) electrons. The maximum Gasteiger partial charge on any atom is 0.434 e. The van der Waals surface area contributed by atoms with E-state index >= 15 is 0 Å². The van der Waals surface area contributed by atoms with Crippen LogP contribution in [0, 0.1) is 0 Å². The number of guanidine groups is 1. The molecule has 140 valence electrons. The molecule has 0 aliphatic carbocycles. The van der Waals surface area contributed by atoms with Gasteiger partial charge in [0.05, 0.1) is 6.54 Å². The highest BCUT2D eigenvalue weighted by Crippen LogP contribution is 2.30. The fraction of sp³-hybridized carbons (Fsp3) is 0.600. The molecule has 0 bridgehead atoms. The molecule has 1 unspecified atom stereocenters. The second-order valence-electron chi connectivity index (χ2n) is 5.84. The third kappa shape index (κ3) is 5.07. The van der Waals surface area contributed by atoms with Crippen LogP contribution >= 0.6 is 35.3 Å². The molecule has 0 aromatic carbocycles. The molecule has 3 rings (SSSR count). The van der Waals surface area contributed by atoms with Gasteiger partial charge in [-0.2, -0.15) is 13.2 Å². The molecule has 1 atom stereocenters. The van der Waals surface area contributed by atoms with E-state index < -0.39 is 11.9 Å². The average molecular weight is 487 g/mol. The van der Waals surface area contributed by atoms with E-state index in [1.54, 1.807) is 7.05 Å². The Morgan fingerprint density at radius 3 is 2.72 bits per heavy atom. The van der Waals surface area contributed by atoms with Crippen LogP contribution in [0.25, 0.3) is 0 Å². The Hall–Kier alpha value is -0.880. The molecular formula is C15H21F3IN5S. The molecule has 1 aromatic rings. The van der Waals surface area contributed by atoms with Gasteiger partial charge in [-0.25, -0.2) is 4.98 Å². The SMILES string of the molecule is CN=C(NCc1nc(C(F)(F)F)cs1)N1CCC(N2CC=CC2)C1.I. The lowest BCUT2D eigenvalue weighted by atomic mass is 10.2. The first-order valence-electron chi connectivity index (χ1n) is 7.83. The molecule has 1 N–H and O–H groups in total. The largest absolute Gasteiger partial charge is 0.434 e. The fourth-order valence-corrected chi connectivity index (χ4v) is 3.77. The number of thiazole rings is 1. The predicted molar refractivity (Wildman–Crippen MR) is 103 cm³/mol. The Morgan fingerprint density at radius 1 is 1.40 bits per heavy atom. The number of nitrogens with one attached hydrogen (secondary N) is 1. The number of hydrogen-bond donors (Lipinski definition) is 1. The van der Waals surface area contributed by atoms with E-state index in [-0.39, 0.29) is 30.5 Å². The molecule has 25 heavy (non-hydrogen) atoms. The molecular weight excluding hydrogens is 466 g/mol. The summed E-state index contributed by atoms with van der Waals surface area (Å²) in [5, 5.41) is 4.58. The Bertz CT molecular complexity index is 623. The van der Waals surface area contributed by atoms with Crippen LogP contribution in [0.2, 0.25) is 0 Å². The monoisotopic (exact) mass is 487 g/mol. The molecule has 10 heteroatoms. The van der Waals surface area contributed by atoms with Crippen LogP contribution in [0.4, 0.5) is 13.2 Å². The number of likely N-dealkylation sites (tertiary alicyclic amines) is 1. The summed E-state index contributed by atoms with van der Waals surface area (Å²) >= 11 is 1.01. The molecule has 0 amide bonds. The lowest BCUT2D eigenvalue weighted by molar-refractivity contribution is -0.140. The standard InChI is InChI=1S/C15H20F3N5S.HI/c1-19-14(20-8-13-21-12(10-24-13)15(16,17)18)23-7-4-11(9-23)22-5-2-3-6-22;/h2-3,10-11H,4-9H2,1H3,(H,19,20);1H. The summed E-state index contributed by atoms with van der Waals surface area (Å²) in [4.78, 5) is 12.5. The van der Waals surface area contributed by atoms with Gasteiger partial charge in [-0.15, -0.1) is 35.3 Å². The minimum absolute atomic E-state index is 0. The molecule has 2 aliphatic rings. The topological polar surface area (TPSA) is 43.8 Å². The Morgan fingerprint density at radius 2 is 2.12 bits per heavy atom. The molecule has 1 aromatic heterocycles. The molecule has 0 spiro atoms. The summed E-state index contributed by atoms with van der Waals surface area (Å²) in [7, 11) is 1.69. The second-order valence-corrected chi connectivity index (χ2v) is 6.78. The van der Waals surface area contributed by atoms with Gasteiger partial charge < -0.3 is 10.2 Å². The van der Waals surface area contributed by atoms with E-state index in [2.05, 4.69) is 37.2 Å². The summed E-state index contributed by atoms with van der Waals surface area (Å²) in [5.41, 5.74) is -0.831. The van der Waals surface area contributed by atoms with Gasteiger partial charge in [0, 0.05) is 44.6 Å². The summed E-state index contributed by atoms with van der Waals surface area (Å²) in [6.45, 7) is 4.01. The summed E-state index contributed by atoms with van der Waals surface area (Å²) in [6.07, 6.45) is 1.03. The highest BCUT2D eigenvalue weighted by atomic mass is 127. The lowest BCUT2D eigenvalue weighted by Crippen LogP contribution is -2.42. The molecule has 2 aliphatic heterocycles. The van der Waals surface area contributed by atoms with Crippen molar-refractivity contribution >= 4 is 41.3 Å². The maximum absolute atomic E-state index is 12.6. The normalized spacial score (nSPS) is 21.7. The van der Waals surface area contributed by atoms with Crippen LogP contribution in [0.5, 0.6) is 0 Å². The van der Waals surface area contributed by atoms with Crippen LogP contribution in [-0.2, 0) is 12.7 Å². The number of rotatable bonds is 3. The van der Waals surface area contributed by atoms with Gasteiger partial charge in [0.1, 0.15) is 5.01 Å². The number of aromatic nitrogens is 1. The lowest BCUT2D eigenvalue weighted by Gasteiger charge is -2.25. The van der Waals surface area contributed by atoms with E-state index in [9.17, 15) is 13.2 Å².